The van der Waals surface area contributed by atoms with E-state index in [4.69, 9.17) is 4.74 Å². The molecule has 132 valence electrons. The van der Waals surface area contributed by atoms with Gasteiger partial charge in [0.1, 0.15) is 11.7 Å². The van der Waals surface area contributed by atoms with Crippen LogP contribution in [-0.2, 0) is 9.53 Å². The predicted molar refractivity (Wildman–Crippen MR) is 86.8 cm³/mol. The van der Waals surface area contributed by atoms with Crippen LogP contribution < -0.4 is 10.6 Å². The number of carbonyl (C=O) groups excluding carboxylic acids is 2. The van der Waals surface area contributed by atoms with Crippen LogP contribution >= 0.6 is 0 Å². The number of aliphatic carboxylic acids is 1. The van der Waals surface area contributed by atoms with Gasteiger partial charge in [-0.1, -0.05) is 0 Å². The Morgan fingerprint density at radius 1 is 1.25 bits per heavy atom. The van der Waals surface area contributed by atoms with Crippen LogP contribution in [0.15, 0.2) is 18.3 Å². The monoisotopic (exact) mass is 337 g/mol. The number of ether oxygens (including phenoxy) is 1. The molecule has 8 nitrogen and oxygen atoms in total. The van der Waals surface area contributed by atoms with Gasteiger partial charge in [-0.05, 0) is 32.9 Å². The van der Waals surface area contributed by atoms with E-state index in [9.17, 15) is 19.5 Å². The van der Waals surface area contributed by atoms with Crippen molar-refractivity contribution in [1.29, 1.82) is 0 Å². The van der Waals surface area contributed by atoms with E-state index in [0.717, 1.165) is 0 Å². The summed E-state index contributed by atoms with van der Waals surface area (Å²) >= 11 is 0. The summed E-state index contributed by atoms with van der Waals surface area (Å²) in [6.45, 7) is 5.79. The first-order valence-corrected chi connectivity index (χ1v) is 7.50. The zero-order chi connectivity index (χ0) is 18.3. The van der Waals surface area contributed by atoms with Crippen molar-refractivity contribution >= 4 is 17.8 Å². The fourth-order valence-electron chi connectivity index (χ4n) is 1.77. The second kappa shape index (κ2) is 8.39. The van der Waals surface area contributed by atoms with E-state index in [-0.39, 0.29) is 35.8 Å². The van der Waals surface area contributed by atoms with Gasteiger partial charge in [0.25, 0.3) is 11.8 Å². The lowest BCUT2D eigenvalue weighted by Gasteiger charge is -2.21. The van der Waals surface area contributed by atoms with Gasteiger partial charge in [-0.25, -0.2) is 4.79 Å². The van der Waals surface area contributed by atoms with Gasteiger partial charge >= 0.3 is 5.97 Å². The molecule has 1 aromatic heterocycles. The highest BCUT2D eigenvalue weighted by Gasteiger charge is 2.22. The Morgan fingerprint density at radius 3 is 2.38 bits per heavy atom. The molecule has 24 heavy (non-hydrogen) atoms. The van der Waals surface area contributed by atoms with E-state index in [1.54, 1.807) is 0 Å². The lowest BCUT2D eigenvalue weighted by molar-refractivity contribution is -0.140. The highest BCUT2D eigenvalue weighted by atomic mass is 16.5. The molecule has 1 aromatic rings. The number of amides is 2. The van der Waals surface area contributed by atoms with Gasteiger partial charge < -0.3 is 20.5 Å². The molecule has 8 heteroatoms. The van der Waals surface area contributed by atoms with Gasteiger partial charge in [-0.3, -0.25) is 14.6 Å². The Labute approximate surface area is 140 Å². The van der Waals surface area contributed by atoms with E-state index in [1.165, 1.54) is 25.4 Å². The highest BCUT2D eigenvalue weighted by molar-refractivity contribution is 5.97. The molecule has 0 bridgehead atoms. The van der Waals surface area contributed by atoms with E-state index in [2.05, 4.69) is 15.6 Å². The minimum atomic E-state index is -1.14. The summed E-state index contributed by atoms with van der Waals surface area (Å²) in [5.74, 6) is -2.09. The SMILES string of the molecule is CNC(=O)c1ccc(C(=O)NC(CCOC(C)(C)C)C(=O)O)cn1. The Hall–Kier alpha value is -2.48. The van der Waals surface area contributed by atoms with Gasteiger partial charge in [0.2, 0.25) is 0 Å². The second-order valence-corrected chi connectivity index (χ2v) is 6.13. The van der Waals surface area contributed by atoms with Crippen LogP contribution in [0.2, 0.25) is 0 Å². The number of rotatable bonds is 7. The fraction of sp³-hybridized carbons (Fsp3) is 0.500. The molecule has 0 aromatic carbocycles. The number of carboxylic acids is 1. The third-order valence-corrected chi connectivity index (χ3v) is 3.03. The summed E-state index contributed by atoms with van der Waals surface area (Å²) in [5.41, 5.74) is -0.0415. The molecular formula is C16H23N3O5. The van der Waals surface area contributed by atoms with Crippen molar-refractivity contribution in [3.63, 3.8) is 0 Å². The standard InChI is InChI=1S/C16H23N3O5/c1-16(2,3)24-8-7-12(15(22)23)19-13(20)10-5-6-11(18-9-10)14(21)17-4/h5-6,9,12H,7-8H2,1-4H3,(H,17,21)(H,19,20)(H,22,23). The number of nitrogens with zero attached hydrogens (tertiary/aromatic N) is 1. The molecule has 0 spiro atoms. The van der Waals surface area contributed by atoms with Gasteiger partial charge in [-0.15, -0.1) is 0 Å². The fourth-order valence-corrected chi connectivity index (χ4v) is 1.77. The maximum absolute atomic E-state index is 12.1. The summed E-state index contributed by atoms with van der Waals surface area (Å²) in [6.07, 6.45) is 1.37. The summed E-state index contributed by atoms with van der Waals surface area (Å²) in [7, 11) is 1.47. The number of aromatic nitrogens is 1. The number of carbonyl (C=O) groups is 3. The van der Waals surface area contributed by atoms with Crippen LogP contribution in [0.25, 0.3) is 0 Å². The Kier molecular flexibility index (Phi) is 6.84. The number of carboxylic acid groups (broad SMARTS) is 1. The number of hydrogen-bond donors (Lipinski definition) is 3. The molecule has 0 aliphatic heterocycles. The molecule has 0 radical (unpaired) electrons. The molecule has 3 N–H and O–H groups in total. The lowest BCUT2D eigenvalue weighted by Crippen LogP contribution is -2.42. The largest absolute Gasteiger partial charge is 0.480 e. The molecule has 0 aliphatic carbocycles. The van der Waals surface area contributed by atoms with Crippen molar-refractivity contribution in [2.75, 3.05) is 13.7 Å². The molecule has 1 heterocycles. The van der Waals surface area contributed by atoms with Gasteiger partial charge in [0.15, 0.2) is 0 Å². The molecule has 0 fully saturated rings. The number of pyridine rings is 1. The minimum Gasteiger partial charge on any atom is -0.480 e. The van der Waals surface area contributed by atoms with Gasteiger partial charge in [-0.2, -0.15) is 0 Å². The summed E-state index contributed by atoms with van der Waals surface area (Å²) in [5, 5.41) is 14.0. The molecule has 0 saturated carbocycles. The van der Waals surface area contributed by atoms with Crippen molar-refractivity contribution in [3.8, 4) is 0 Å². The van der Waals surface area contributed by atoms with Crippen molar-refractivity contribution in [2.24, 2.45) is 0 Å². The van der Waals surface area contributed by atoms with Crippen LogP contribution in [0.1, 0.15) is 48.0 Å². The normalized spacial score (nSPS) is 12.3. The molecule has 1 rings (SSSR count). The average molecular weight is 337 g/mol. The zero-order valence-corrected chi connectivity index (χ0v) is 14.3. The van der Waals surface area contributed by atoms with Crippen molar-refractivity contribution in [1.82, 2.24) is 15.6 Å². The van der Waals surface area contributed by atoms with Crippen molar-refractivity contribution in [2.45, 2.75) is 38.8 Å². The first-order valence-electron chi connectivity index (χ1n) is 7.50. The summed E-state index contributed by atoms with van der Waals surface area (Å²) in [4.78, 5) is 38.6. The minimum absolute atomic E-state index is 0.141. The molecule has 1 unspecified atom stereocenters. The second-order valence-electron chi connectivity index (χ2n) is 6.13. The van der Waals surface area contributed by atoms with Crippen LogP contribution in [0.4, 0.5) is 0 Å². The first-order chi connectivity index (χ1) is 11.1. The Bertz CT molecular complexity index is 593. The smallest absolute Gasteiger partial charge is 0.326 e. The average Bonchev–Trinajstić information content (AvgIpc) is 2.51. The van der Waals surface area contributed by atoms with Crippen LogP contribution in [0.3, 0.4) is 0 Å². The predicted octanol–water partition coefficient (Wildman–Crippen LogP) is 0.829. The zero-order valence-electron chi connectivity index (χ0n) is 14.3. The molecule has 0 saturated heterocycles. The highest BCUT2D eigenvalue weighted by Crippen LogP contribution is 2.08. The first kappa shape index (κ1) is 19.6. The van der Waals surface area contributed by atoms with Gasteiger partial charge in [0.05, 0.1) is 11.2 Å². The molecule has 2 amide bonds. The quantitative estimate of drug-likeness (QED) is 0.678. The third-order valence-electron chi connectivity index (χ3n) is 3.03. The molecule has 0 aliphatic rings. The van der Waals surface area contributed by atoms with E-state index < -0.39 is 17.9 Å². The van der Waals surface area contributed by atoms with Crippen molar-refractivity contribution < 1.29 is 24.2 Å². The third kappa shape index (κ3) is 6.33. The topological polar surface area (TPSA) is 118 Å². The van der Waals surface area contributed by atoms with E-state index in [1.807, 2.05) is 20.8 Å². The maximum Gasteiger partial charge on any atom is 0.326 e. The van der Waals surface area contributed by atoms with E-state index in [0.29, 0.717) is 0 Å². The lowest BCUT2D eigenvalue weighted by atomic mass is 10.1. The van der Waals surface area contributed by atoms with Crippen LogP contribution in [0, 0.1) is 0 Å². The molecular weight excluding hydrogens is 314 g/mol. The van der Waals surface area contributed by atoms with Crippen LogP contribution in [0.5, 0.6) is 0 Å². The van der Waals surface area contributed by atoms with Crippen LogP contribution in [-0.4, -0.2) is 53.2 Å². The Morgan fingerprint density at radius 2 is 1.92 bits per heavy atom. The molecule has 1 atom stereocenters. The van der Waals surface area contributed by atoms with Gasteiger partial charge in [0, 0.05) is 26.3 Å². The Balaban J connectivity index is 2.68. The van der Waals surface area contributed by atoms with E-state index >= 15 is 0 Å². The number of hydrogen-bond acceptors (Lipinski definition) is 5. The maximum atomic E-state index is 12.1. The summed E-state index contributed by atoms with van der Waals surface area (Å²) < 4.78 is 5.48. The summed E-state index contributed by atoms with van der Waals surface area (Å²) in [6, 6.07) is 1.74. The van der Waals surface area contributed by atoms with Crippen molar-refractivity contribution in [3.05, 3.63) is 29.6 Å². The number of nitrogens with one attached hydrogen (secondary N) is 2.